The van der Waals surface area contributed by atoms with Crippen molar-refractivity contribution in [2.75, 3.05) is 37.9 Å². The highest BCUT2D eigenvalue weighted by atomic mass is 16.6. The Bertz CT molecular complexity index is 645. The number of nitrogen functional groups attached to an aromatic ring is 1. The van der Waals surface area contributed by atoms with Gasteiger partial charge in [-0.25, -0.2) is 0 Å². The van der Waals surface area contributed by atoms with Crippen molar-refractivity contribution < 1.29 is 9.47 Å². The smallest absolute Gasteiger partial charge is 0.230 e. The van der Waals surface area contributed by atoms with Gasteiger partial charge in [0.05, 0.1) is 0 Å². The molecule has 0 aliphatic carbocycles. The summed E-state index contributed by atoms with van der Waals surface area (Å²) in [6.45, 7) is 1.11. The van der Waals surface area contributed by atoms with E-state index in [-0.39, 0.29) is 5.95 Å². The number of nitrogens with zero attached hydrogens (tertiary/aromatic N) is 4. The maximum Gasteiger partial charge on any atom is 0.230 e. The van der Waals surface area contributed by atoms with Crippen molar-refractivity contribution in [3.63, 3.8) is 0 Å². The van der Waals surface area contributed by atoms with Crippen molar-refractivity contribution in [2.24, 2.45) is 0 Å². The van der Waals surface area contributed by atoms with Crippen LogP contribution < -0.4 is 20.1 Å². The fraction of sp³-hybridized carbons (Fsp3) is 0.308. The number of fused-ring (bicyclic) bond motifs is 1. The molecule has 7 heteroatoms. The maximum atomic E-state index is 5.73. The molecular formula is C13H15N5O2. The molecule has 0 saturated heterocycles. The summed E-state index contributed by atoms with van der Waals surface area (Å²) < 4.78 is 11.0. The van der Waals surface area contributed by atoms with Gasteiger partial charge in [-0.3, -0.25) is 0 Å². The highest BCUT2D eigenvalue weighted by molar-refractivity contribution is 5.63. The number of hydrogen-bond acceptors (Lipinski definition) is 7. The van der Waals surface area contributed by atoms with E-state index < -0.39 is 0 Å². The SMILES string of the molecule is CN(C)c1nc(N)nc(-c2ccc3c(c2)OCCO3)n1. The summed E-state index contributed by atoms with van der Waals surface area (Å²) in [6, 6.07) is 5.57. The van der Waals surface area contributed by atoms with Gasteiger partial charge in [0.25, 0.3) is 0 Å². The lowest BCUT2D eigenvalue weighted by molar-refractivity contribution is 0.171. The van der Waals surface area contributed by atoms with Crippen molar-refractivity contribution in [1.82, 2.24) is 15.0 Å². The average molecular weight is 273 g/mol. The van der Waals surface area contributed by atoms with Gasteiger partial charge in [0.1, 0.15) is 13.2 Å². The molecule has 3 rings (SSSR count). The van der Waals surface area contributed by atoms with Crippen LogP contribution in [-0.2, 0) is 0 Å². The second-order valence-corrected chi connectivity index (χ2v) is 4.57. The third kappa shape index (κ3) is 2.29. The first-order valence-corrected chi connectivity index (χ1v) is 6.22. The van der Waals surface area contributed by atoms with E-state index in [0.717, 1.165) is 11.3 Å². The second kappa shape index (κ2) is 4.84. The van der Waals surface area contributed by atoms with E-state index in [9.17, 15) is 0 Å². The van der Waals surface area contributed by atoms with Crippen LogP contribution in [0.2, 0.25) is 0 Å². The number of anilines is 2. The molecule has 20 heavy (non-hydrogen) atoms. The molecule has 2 N–H and O–H groups in total. The summed E-state index contributed by atoms with van der Waals surface area (Å²) in [5, 5.41) is 0. The van der Waals surface area contributed by atoms with E-state index in [1.54, 1.807) is 4.90 Å². The minimum Gasteiger partial charge on any atom is -0.486 e. The predicted molar refractivity (Wildman–Crippen MR) is 75.0 cm³/mol. The standard InChI is InChI=1S/C13H15N5O2/c1-18(2)13-16-11(15-12(14)17-13)8-3-4-9-10(7-8)20-6-5-19-9/h3-4,7H,5-6H2,1-2H3,(H2,14,15,16,17). The molecule has 1 aliphatic rings. The molecule has 0 fully saturated rings. The lowest BCUT2D eigenvalue weighted by Gasteiger charge is -2.18. The Hall–Kier alpha value is -2.57. The molecule has 0 radical (unpaired) electrons. The lowest BCUT2D eigenvalue weighted by atomic mass is 10.2. The molecule has 0 amide bonds. The van der Waals surface area contributed by atoms with Crippen molar-refractivity contribution in [3.8, 4) is 22.9 Å². The summed E-state index contributed by atoms with van der Waals surface area (Å²) in [5.74, 6) is 2.64. The Balaban J connectivity index is 2.04. The summed E-state index contributed by atoms with van der Waals surface area (Å²) in [7, 11) is 3.70. The van der Waals surface area contributed by atoms with Crippen LogP contribution in [0.5, 0.6) is 11.5 Å². The third-order valence-corrected chi connectivity index (χ3v) is 2.84. The monoisotopic (exact) mass is 273 g/mol. The molecule has 0 unspecified atom stereocenters. The number of nitrogens with two attached hydrogens (primary N) is 1. The van der Waals surface area contributed by atoms with E-state index in [0.29, 0.717) is 30.7 Å². The molecule has 1 aromatic carbocycles. The quantitative estimate of drug-likeness (QED) is 0.872. The van der Waals surface area contributed by atoms with Gasteiger partial charge < -0.3 is 20.1 Å². The van der Waals surface area contributed by atoms with Gasteiger partial charge in [-0.2, -0.15) is 15.0 Å². The molecule has 1 aliphatic heterocycles. The largest absolute Gasteiger partial charge is 0.486 e. The van der Waals surface area contributed by atoms with Crippen LogP contribution in [0.3, 0.4) is 0 Å². The molecule has 0 atom stereocenters. The van der Waals surface area contributed by atoms with Crippen molar-refractivity contribution >= 4 is 11.9 Å². The van der Waals surface area contributed by atoms with Crippen LogP contribution in [-0.4, -0.2) is 42.3 Å². The summed E-state index contributed by atoms with van der Waals surface area (Å²) in [4.78, 5) is 14.4. The molecule has 0 bridgehead atoms. The molecule has 0 saturated carbocycles. The van der Waals surface area contributed by atoms with Crippen LogP contribution in [0, 0.1) is 0 Å². The Kier molecular flexibility index (Phi) is 3.02. The summed E-state index contributed by atoms with van der Waals surface area (Å²) >= 11 is 0. The van der Waals surface area contributed by atoms with Crippen molar-refractivity contribution in [3.05, 3.63) is 18.2 Å². The summed E-state index contributed by atoms with van der Waals surface area (Å²) in [6.07, 6.45) is 0. The summed E-state index contributed by atoms with van der Waals surface area (Å²) in [5.41, 5.74) is 6.54. The molecule has 7 nitrogen and oxygen atoms in total. The van der Waals surface area contributed by atoms with Crippen LogP contribution >= 0.6 is 0 Å². The average Bonchev–Trinajstić information content (AvgIpc) is 2.46. The Morgan fingerprint density at radius 1 is 1.05 bits per heavy atom. The normalized spacial score (nSPS) is 13.1. The van der Waals surface area contributed by atoms with E-state index in [1.165, 1.54) is 0 Å². The zero-order valence-electron chi connectivity index (χ0n) is 11.3. The first-order chi connectivity index (χ1) is 9.63. The topological polar surface area (TPSA) is 86.4 Å². The van der Waals surface area contributed by atoms with E-state index >= 15 is 0 Å². The highest BCUT2D eigenvalue weighted by Crippen LogP contribution is 2.33. The van der Waals surface area contributed by atoms with Gasteiger partial charge in [0.15, 0.2) is 17.3 Å². The van der Waals surface area contributed by atoms with E-state index in [2.05, 4.69) is 15.0 Å². The second-order valence-electron chi connectivity index (χ2n) is 4.57. The van der Waals surface area contributed by atoms with Gasteiger partial charge in [0, 0.05) is 19.7 Å². The Morgan fingerprint density at radius 3 is 2.55 bits per heavy atom. The number of aromatic nitrogens is 3. The van der Waals surface area contributed by atoms with Crippen LogP contribution in [0.25, 0.3) is 11.4 Å². The van der Waals surface area contributed by atoms with Crippen molar-refractivity contribution in [1.29, 1.82) is 0 Å². The zero-order chi connectivity index (χ0) is 14.1. The van der Waals surface area contributed by atoms with Crippen LogP contribution in [0.1, 0.15) is 0 Å². The number of benzene rings is 1. The predicted octanol–water partition coefficient (Wildman–Crippen LogP) is 0.958. The first-order valence-electron chi connectivity index (χ1n) is 6.22. The fourth-order valence-corrected chi connectivity index (χ4v) is 1.89. The van der Waals surface area contributed by atoms with E-state index in [4.69, 9.17) is 15.2 Å². The molecular weight excluding hydrogens is 258 g/mol. The zero-order valence-corrected chi connectivity index (χ0v) is 11.3. The molecule has 0 spiro atoms. The lowest BCUT2D eigenvalue weighted by Crippen LogP contribution is -2.16. The Labute approximate surface area is 116 Å². The maximum absolute atomic E-state index is 5.73. The minimum atomic E-state index is 0.189. The third-order valence-electron chi connectivity index (χ3n) is 2.84. The minimum absolute atomic E-state index is 0.189. The number of rotatable bonds is 2. The fourth-order valence-electron chi connectivity index (χ4n) is 1.89. The molecule has 2 heterocycles. The number of hydrogen-bond donors (Lipinski definition) is 1. The van der Waals surface area contributed by atoms with Gasteiger partial charge in [-0.15, -0.1) is 0 Å². The number of ether oxygens (including phenoxy) is 2. The van der Waals surface area contributed by atoms with Crippen LogP contribution in [0.4, 0.5) is 11.9 Å². The molecule has 104 valence electrons. The molecule has 2 aromatic rings. The van der Waals surface area contributed by atoms with Gasteiger partial charge in [-0.1, -0.05) is 0 Å². The van der Waals surface area contributed by atoms with Crippen molar-refractivity contribution in [2.45, 2.75) is 0 Å². The molecule has 1 aromatic heterocycles. The van der Waals surface area contributed by atoms with Gasteiger partial charge >= 0.3 is 0 Å². The first kappa shape index (κ1) is 12.5. The van der Waals surface area contributed by atoms with Crippen LogP contribution in [0.15, 0.2) is 18.2 Å². The highest BCUT2D eigenvalue weighted by Gasteiger charge is 2.15. The van der Waals surface area contributed by atoms with Gasteiger partial charge in [-0.05, 0) is 18.2 Å². The Morgan fingerprint density at radius 2 is 1.80 bits per heavy atom. The van der Waals surface area contributed by atoms with Gasteiger partial charge in [0.2, 0.25) is 11.9 Å². The van der Waals surface area contributed by atoms with E-state index in [1.807, 2.05) is 32.3 Å².